The summed E-state index contributed by atoms with van der Waals surface area (Å²) < 4.78 is 0. The van der Waals surface area contributed by atoms with Crippen molar-refractivity contribution in [3.05, 3.63) is 35.4 Å². The van der Waals surface area contributed by atoms with Gasteiger partial charge >= 0.3 is 0 Å². The summed E-state index contributed by atoms with van der Waals surface area (Å²) in [5.41, 5.74) is 7.67. The number of nitrogens with one attached hydrogen (secondary N) is 1. The van der Waals surface area contributed by atoms with Crippen LogP contribution in [0.1, 0.15) is 31.4 Å². The molecular formula is C17H28ClN3O2. The fourth-order valence-corrected chi connectivity index (χ4v) is 2.46. The molecule has 23 heavy (non-hydrogen) atoms. The van der Waals surface area contributed by atoms with Gasteiger partial charge in [0, 0.05) is 12.6 Å². The Morgan fingerprint density at radius 3 is 2.30 bits per heavy atom. The SMILES string of the molecule is CCC(Cc1ccc(C)cc1)N(CC)C(=O)CNC(=O)CN.Cl. The van der Waals surface area contributed by atoms with Crippen molar-refractivity contribution in [2.45, 2.75) is 39.7 Å². The molecule has 1 unspecified atom stereocenters. The Bertz CT molecular complexity index is 491. The highest BCUT2D eigenvalue weighted by atomic mass is 35.5. The van der Waals surface area contributed by atoms with Gasteiger partial charge in [0.15, 0.2) is 0 Å². The number of hydrogen-bond donors (Lipinski definition) is 2. The summed E-state index contributed by atoms with van der Waals surface area (Å²) in [5, 5.41) is 2.54. The highest BCUT2D eigenvalue weighted by molar-refractivity contribution is 5.86. The van der Waals surface area contributed by atoms with Crippen molar-refractivity contribution < 1.29 is 9.59 Å². The van der Waals surface area contributed by atoms with E-state index in [2.05, 4.69) is 43.4 Å². The first kappa shape index (κ1) is 21.4. The van der Waals surface area contributed by atoms with Gasteiger partial charge in [0.2, 0.25) is 11.8 Å². The van der Waals surface area contributed by atoms with E-state index in [1.807, 2.05) is 11.8 Å². The average Bonchev–Trinajstić information content (AvgIpc) is 2.54. The zero-order valence-corrected chi connectivity index (χ0v) is 15.0. The van der Waals surface area contributed by atoms with Crippen LogP contribution < -0.4 is 11.1 Å². The number of hydrogen-bond acceptors (Lipinski definition) is 3. The maximum absolute atomic E-state index is 12.3. The molecule has 0 fully saturated rings. The van der Waals surface area contributed by atoms with Gasteiger partial charge in [0.25, 0.3) is 0 Å². The molecule has 0 aliphatic rings. The lowest BCUT2D eigenvalue weighted by Crippen LogP contribution is -2.47. The number of likely N-dealkylation sites (N-methyl/N-ethyl adjacent to an activating group) is 1. The van der Waals surface area contributed by atoms with Gasteiger partial charge in [-0.2, -0.15) is 0 Å². The van der Waals surface area contributed by atoms with Crippen molar-refractivity contribution in [1.82, 2.24) is 10.2 Å². The molecule has 0 aliphatic carbocycles. The molecule has 0 aliphatic heterocycles. The van der Waals surface area contributed by atoms with Crippen LogP contribution >= 0.6 is 12.4 Å². The zero-order chi connectivity index (χ0) is 16.5. The molecule has 1 aromatic carbocycles. The molecule has 0 saturated carbocycles. The number of halogens is 1. The van der Waals surface area contributed by atoms with Gasteiger partial charge in [-0.1, -0.05) is 36.8 Å². The van der Waals surface area contributed by atoms with Crippen LogP contribution in [0, 0.1) is 6.92 Å². The smallest absolute Gasteiger partial charge is 0.242 e. The molecule has 3 N–H and O–H groups in total. The van der Waals surface area contributed by atoms with Crippen LogP contribution in [-0.4, -0.2) is 42.4 Å². The van der Waals surface area contributed by atoms with Crippen LogP contribution in [0.3, 0.4) is 0 Å². The van der Waals surface area contributed by atoms with E-state index in [1.165, 1.54) is 11.1 Å². The molecule has 0 heterocycles. The zero-order valence-electron chi connectivity index (χ0n) is 14.2. The lowest BCUT2D eigenvalue weighted by Gasteiger charge is -2.30. The van der Waals surface area contributed by atoms with Crippen molar-refractivity contribution in [3.63, 3.8) is 0 Å². The largest absolute Gasteiger partial charge is 0.346 e. The van der Waals surface area contributed by atoms with E-state index >= 15 is 0 Å². The molecular weight excluding hydrogens is 314 g/mol. The molecule has 1 rings (SSSR count). The summed E-state index contributed by atoms with van der Waals surface area (Å²) in [6, 6.07) is 8.51. The molecule has 1 aromatic rings. The van der Waals surface area contributed by atoms with E-state index in [4.69, 9.17) is 5.73 Å². The summed E-state index contributed by atoms with van der Waals surface area (Å²) in [6.07, 6.45) is 1.69. The lowest BCUT2D eigenvalue weighted by molar-refractivity contribution is -0.134. The molecule has 1 atom stereocenters. The van der Waals surface area contributed by atoms with Gasteiger partial charge in [0.05, 0.1) is 13.1 Å². The van der Waals surface area contributed by atoms with Crippen LogP contribution in [0.5, 0.6) is 0 Å². The number of benzene rings is 1. The van der Waals surface area contributed by atoms with Gasteiger partial charge in [-0.05, 0) is 32.3 Å². The highest BCUT2D eigenvalue weighted by Crippen LogP contribution is 2.13. The Labute approximate surface area is 145 Å². The van der Waals surface area contributed by atoms with Crippen LogP contribution in [0.4, 0.5) is 0 Å². The monoisotopic (exact) mass is 341 g/mol. The normalized spacial score (nSPS) is 11.3. The first-order valence-electron chi connectivity index (χ1n) is 7.83. The second-order valence-electron chi connectivity index (χ2n) is 5.41. The molecule has 0 bridgehead atoms. The van der Waals surface area contributed by atoms with Gasteiger partial charge in [-0.15, -0.1) is 12.4 Å². The second-order valence-corrected chi connectivity index (χ2v) is 5.41. The number of rotatable bonds is 8. The van der Waals surface area contributed by atoms with Crippen LogP contribution in [-0.2, 0) is 16.0 Å². The Morgan fingerprint density at radius 1 is 1.22 bits per heavy atom. The summed E-state index contributed by atoms with van der Waals surface area (Å²) >= 11 is 0. The molecule has 0 aromatic heterocycles. The van der Waals surface area contributed by atoms with Gasteiger partial charge in [-0.25, -0.2) is 0 Å². The molecule has 130 valence electrons. The third kappa shape index (κ3) is 7.01. The Morgan fingerprint density at radius 2 is 1.83 bits per heavy atom. The Balaban J connectivity index is 0.00000484. The first-order chi connectivity index (χ1) is 10.5. The third-order valence-corrected chi connectivity index (χ3v) is 3.79. The van der Waals surface area contributed by atoms with Crippen molar-refractivity contribution >= 4 is 24.2 Å². The summed E-state index contributed by atoms with van der Waals surface area (Å²) in [7, 11) is 0. The third-order valence-electron chi connectivity index (χ3n) is 3.79. The predicted octanol–water partition coefficient (Wildman–Crippen LogP) is 1.66. The van der Waals surface area contributed by atoms with E-state index in [0.29, 0.717) is 6.54 Å². The van der Waals surface area contributed by atoms with Crippen molar-refractivity contribution in [1.29, 1.82) is 0 Å². The summed E-state index contributed by atoms with van der Waals surface area (Å²) in [5.74, 6) is -0.376. The minimum absolute atomic E-state index is 0. The second kappa shape index (κ2) is 11.0. The number of amides is 2. The number of aryl methyl sites for hydroxylation is 1. The highest BCUT2D eigenvalue weighted by Gasteiger charge is 2.21. The van der Waals surface area contributed by atoms with Gasteiger partial charge < -0.3 is 16.0 Å². The van der Waals surface area contributed by atoms with E-state index in [-0.39, 0.29) is 43.4 Å². The summed E-state index contributed by atoms with van der Waals surface area (Å²) in [4.78, 5) is 25.3. The topological polar surface area (TPSA) is 75.4 Å². The summed E-state index contributed by atoms with van der Waals surface area (Å²) in [6.45, 7) is 6.63. The minimum atomic E-state index is -0.309. The van der Waals surface area contributed by atoms with Crippen LogP contribution in [0.15, 0.2) is 24.3 Å². The molecule has 5 nitrogen and oxygen atoms in total. The van der Waals surface area contributed by atoms with E-state index in [1.54, 1.807) is 0 Å². The quantitative estimate of drug-likeness (QED) is 0.755. The van der Waals surface area contributed by atoms with Crippen molar-refractivity contribution in [2.75, 3.05) is 19.6 Å². The molecule has 2 amide bonds. The molecule has 6 heteroatoms. The fraction of sp³-hybridized carbons (Fsp3) is 0.529. The fourth-order valence-electron chi connectivity index (χ4n) is 2.46. The Kier molecular flexibility index (Phi) is 10.3. The van der Waals surface area contributed by atoms with Crippen LogP contribution in [0.2, 0.25) is 0 Å². The van der Waals surface area contributed by atoms with E-state index < -0.39 is 0 Å². The average molecular weight is 342 g/mol. The van der Waals surface area contributed by atoms with Gasteiger partial charge in [-0.3, -0.25) is 9.59 Å². The van der Waals surface area contributed by atoms with Crippen LogP contribution in [0.25, 0.3) is 0 Å². The number of nitrogens with two attached hydrogens (primary N) is 1. The molecule has 0 spiro atoms. The Hall–Kier alpha value is -1.59. The molecule has 0 radical (unpaired) electrons. The van der Waals surface area contributed by atoms with Crippen molar-refractivity contribution in [2.24, 2.45) is 5.73 Å². The molecule has 0 saturated heterocycles. The number of carbonyl (C=O) groups excluding carboxylic acids is 2. The minimum Gasteiger partial charge on any atom is -0.346 e. The first-order valence-corrected chi connectivity index (χ1v) is 7.83. The maximum atomic E-state index is 12.3. The number of carbonyl (C=O) groups is 2. The maximum Gasteiger partial charge on any atom is 0.242 e. The van der Waals surface area contributed by atoms with E-state index in [9.17, 15) is 9.59 Å². The van der Waals surface area contributed by atoms with Gasteiger partial charge in [0.1, 0.15) is 0 Å². The van der Waals surface area contributed by atoms with Crippen molar-refractivity contribution in [3.8, 4) is 0 Å². The standard InChI is InChI=1S/C17H27N3O2.ClH/c1-4-15(10-14-8-6-13(3)7-9-14)20(5-2)17(22)12-19-16(21)11-18;/h6-9,15H,4-5,10-12,18H2,1-3H3,(H,19,21);1H. The van der Waals surface area contributed by atoms with E-state index in [0.717, 1.165) is 12.8 Å². The lowest BCUT2D eigenvalue weighted by atomic mass is 10.0. The number of nitrogens with zero attached hydrogens (tertiary/aromatic N) is 1. The predicted molar refractivity (Wildman–Crippen MR) is 95.7 cm³/mol.